The van der Waals surface area contributed by atoms with Crippen LogP contribution in [0.3, 0.4) is 0 Å². The Hall–Kier alpha value is -3.92. The lowest BCUT2D eigenvalue weighted by molar-refractivity contribution is -0.170. The van der Waals surface area contributed by atoms with Crippen LogP contribution in [-0.4, -0.2) is 55.7 Å². The minimum Gasteiger partial charge on any atom is -0.445 e. The molecule has 0 aliphatic carbocycles. The van der Waals surface area contributed by atoms with E-state index in [0.717, 1.165) is 16.2 Å². The van der Waals surface area contributed by atoms with E-state index in [1.807, 2.05) is 60.7 Å². The van der Waals surface area contributed by atoms with E-state index in [2.05, 4.69) is 10.6 Å². The van der Waals surface area contributed by atoms with Crippen molar-refractivity contribution in [1.29, 1.82) is 0 Å². The van der Waals surface area contributed by atoms with Crippen LogP contribution in [0.1, 0.15) is 25.0 Å². The first kappa shape index (κ1) is 28.1. The lowest BCUT2D eigenvalue weighted by atomic mass is 10.2. The zero-order chi connectivity index (χ0) is 25.3. The highest BCUT2D eigenvalue weighted by molar-refractivity contribution is 5.84. The molecule has 0 unspecified atom stereocenters. The summed E-state index contributed by atoms with van der Waals surface area (Å²) in [5.41, 5.74) is 1.79. The summed E-state index contributed by atoms with van der Waals surface area (Å²) in [7, 11) is 2.84. The number of likely N-dealkylation sites (N-methyl/N-ethyl adjacent to an activating group) is 1. The molecule has 2 aromatic carbocycles. The van der Waals surface area contributed by atoms with Crippen molar-refractivity contribution in [2.45, 2.75) is 39.1 Å². The van der Waals surface area contributed by atoms with Gasteiger partial charge < -0.3 is 24.9 Å². The summed E-state index contributed by atoms with van der Waals surface area (Å²) < 4.78 is 9.89. The minimum atomic E-state index is -0.715. The fourth-order valence-electron chi connectivity index (χ4n) is 2.35. The molecule has 10 heteroatoms. The van der Waals surface area contributed by atoms with Gasteiger partial charge in [-0.3, -0.25) is 9.63 Å². The fourth-order valence-corrected chi connectivity index (χ4v) is 2.35. The smallest absolute Gasteiger partial charge is 0.408 e. The summed E-state index contributed by atoms with van der Waals surface area (Å²) in [6.07, 6.45) is -0.586. The molecular formula is C24H31N3O7. The van der Waals surface area contributed by atoms with Crippen LogP contribution in [0.15, 0.2) is 60.7 Å². The number of carbonyl (C=O) groups is 4. The summed E-state index contributed by atoms with van der Waals surface area (Å²) >= 11 is 0. The number of nitrogens with zero attached hydrogens (tertiary/aromatic N) is 1. The topological polar surface area (TPSA) is 123 Å². The first-order chi connectivity index (χ1) is 16.3. The van der Waals surface area contributed by atoms with E-state index < -0.39 is 24.3 Å². The number of amides is 3. The zero-order valence-electron chi connectivity index (χ0n) is 19.7. The molecule has 2 rings (SSSR count). The molecule has 3 amide bonds. The molecule has 0 aliphatic heterocycles. The third kappa shape index (κ3) is 11.6. The minimum absolute atomic E-state index is 0.160. The third-order valence-corrected chi connectivity index (χ3v) is 4.26. The second-order valence-corrected chi connectivity index (χ2v) is 7.08. The van der Waals surface area contributed by atoms with Crippen molar-refractivity contribution in [2.24, 2.45) is 0 Å². The molecule has 2 atom stereocenters. The summed E-state index contributed by atoms with van der Waals surface area (Å²) in [4.78, 5) is 49.2. The molecule has 0 spiro atoms. The van der Waals surface area contributed by atoms with Gasteiger partial charge in [0.05, 0.1) is 13.2 Å². The van der Waals surface area contributed by atoms with Crippen molar-refractivity contribution < 1.29 is 33.5 Å². The maximum Gasteiger partial charge on any atom is 0.408 e. The number of carbonyl (C=O) groups excluding carboxylic acids is 4. The monoisotopic (exact) mass is 473 g/mol. The summed E-state index contributed by atoms with van der Waals surface area (Å²) in [5, 5.41) is 5.85. The average Bonchev–Trinajstić information content (AvgIpc) is 2.86. The molecular weight excluding hydrogens is 442 g/mol. The van der Waals surface area contributed by atoms with Gasteiger partial charge >= 0.3 is 12.2 Å². The van der Waals surface area contributed by atoms with E-state index in [1.54, 1.807) is 13.8 Å². The fraction of sp³-hybridized carbons (Fsp3) is 0.333. The lowest BCUT2D eigenvalue weighted by Gasteiger charge is -2.19. The molecule has 0 fully saturated rings. The van der Waals surface area contributed by atoms with Crippen molar-refractivity contribution in [2.75, 3.05) is 14.2 Å². The van der Waals surface area contributed by atoms with Gasteiger partial charge in [-0.2, -0.15) is 0 Å². The van der Waals surface area contributed by atoms with E-state index in [4.69, 9.17) is 14.3 Å². The van der Waals surface area contributed by atoms with Gasteiger partial charge in [-0.15, -0.1) is 0 Å². The molecule has 0 aliphatic rings. The van der Waals surface area contributed by atoms with E-state index in [0.29, 0.717) is 6.29 Å². The van der Waals surface area contributed by atoms with Crippen LogP contribution in [0.25, 0.3) is 0 Å². The van der Waals surface area contributed by atoms with Gasteiger partial charge in [0.15, 0.2) is 0 Å². The highest BCUT2D eigenvalue weighted by atomic mass is 16.7. The number of hydrogen-bond acceptors (Lipinski definition) is 7. The van der Waals surface area contributed by atoms with Crippen LogP contribution in [-0.2, 0) is 37.1 Å². The molecule has 0 aromatic heterocycles. The predicted molar refractivity (Wildman–Crippen MR) is 124 cm³/mol. The SMILES string of the molecule is CON(C)C(=O)[C@H](C)NC(=O)OCc1ccccc1.C[C@@H](C=O)NC(=O)OCc1ccccc1. The Morgan fingerprint density at radius 2 is 1.29 bits per heavy atom. The normalized spacial score (nSPS) is 11.5. The summed E-state index contributed by atoms with van der Waals surface area (Å²) in [5.74, 6) is -0.362. The van der Waals surface area contributed by atoms with Crippen LogP contribution < -0.4 is 10.6 Å². The van der Waals surface area contributed by atoms with E-state index in [9.17, 15) is 19.2 Å². The molecule has 0 radical (unpaired) electrons. The van der Waals surface area contributed by atoms with Crippen molar-refractivity contribution >= 4 is 24.4 Å². The third-order valence-electron chi connectivity index (χ3n) is 4.26. The Balaban J connectivity index is 0.000000350. The van der Waals surface area contributed by atoms with Crippen LogP contribution >= 0.6 is 0 Å². The Labute approximate surface area is 199 Å². The highest BCUT2D eigenvalue weighted by Gasteiger charge is 2.20. The molecule has 0 heterocycles. The molecule has 0 bridgehead atoms. The quantitative estimate of drug-likeness (QED) is 0.424. The number of rotatable bonds is 9. The van der Waals surface area contributed by atoms with Gasteiger partial charge in [0, 0.05) is 7.05 Å². The second kappa shape index (κ2) is 15.8. The van der Waals surface area contributed by atoms with Crippen LogP contribution in [0.4, 0.5) is 9.59 Å². The van der Waals surface area contributed by atoms with Crippen molar-refractivity contribution in [3.63, 3.8) is 0 Å². The van der Waals surface area contributed by atoms with Gasteiger partial charge in [-0.25, -0.2) is 14.7 Å². The molecule has 2 aromatic rings. The van der Waals surface area contributed by atoms with Gasteiger partial charge in [-0.1, -0.05) is 60.7 Å². The van der Waals surface area contributed by atoms with E-state index >= 15 is 0 Å². The standard InChI is InChI=1S/C13H18N2O4.C11H13NO3/c1-10(12(16)15(2)18-3)14-13(17)19-9-11-7-5-4-6-8-11;1-9(7-13)12-11(14)15-8-10-5-3-2-4-6-10/h4-8,10H,9H2,1-3H3,(H,14,17);2-7,9H,8H2,1H3,(H,12,14)/t10-;9-/m00/s1. The van der Waals surface area contributed by atoms with E-state index in [-0.39, 0.29) is 19.1 Å². The zero-order valence-corrected chi connectivity index (χ0v) is 19.7. The number of aldehydes is 1. The van der Waals surface area contributed by atoms with Gasteiger partial charge in [0.1, 0.15) is 25.5 Å². The average molecular weight is 474 g/mol. The first-order valence-electron chi connectivity index (χ1n) is 10.5. The van der Waals surface area contributed by atoms with Crippen molar-refractivity contribution in [3.05, 3.63) is 71.8 Å². The summed E-state index contributed by atoms with van der Waals surface area (Å²) in [6.45, 7) is 3.50. The number of nitrogens with one attached hydrogen (secondary N) is 2. The second-order valence-electron chi connectivity index (χ2n) is 7.08. The molecule has 2 N–H and O–H groups in total. The largest absolute Gasteiger partial charge is 0.445 e. The Kier molecular flexibility index (Phi) is 13.1. The Morgan fingerprint density at radius 3 is 1.71 bits per heavy atom. The number of benzene rings is 2. The van der Waals surface area contributed by atoms with Crippen LogP contribution in [0, 0.1) is 0 Å². The number of hydroxylamine groups is 2. The molecule has 0 saturated carbocycles. The van der Waals surface area contributed by atoms with Crippen LogP contribution in [0.5, 0.6) is 0 Å². The maximum atomic E-state index is 11.6. The summed E-state index contributed by atoms with van der Waals surface area (Å²) in [6, 6.07) is 17.4. The Morgan fingerprint density at radius 1 is 0.853 bits per heavy atom. The number of ether oxygens (including phenoxy) is 2. The highest BCUT2D eigenvalue weighted by Crippen LogP contribution is 2.02. The molecule has 10 nitrogen and oxygen atoms in total. The molecule has 184 valence electrons. The van der Waals surface area contributed by atoms with Crippen molar-refractivity contribution in [1.82, 2.24) is 15.7 Å². The van der Waals surface area contributed by atoms with Crippen molar-refractivity contribution in [3.8, 4) is 0 Å². The molecule has 34 heavy (non-hydrogen) atoms. The molecule has 0 saturated heterocycles. The first-order valence-corrected chi connectivity index (χ1v) is 10.5. The predicted octanol–water partition coefficient (Wildman–Crippen LogP) is 2.82. The van der Waals surface area contributed by atoms with E-state index in [1.165, 1.54) is 14.2 Å². The van der Waals surface area contributed by atoms with Gasteiger partial charge in [0.25, 0.3) is 5.91 Å². The van der Waals surface area contributed by atoms with Gasteiger partial charge in [-0.05, 0) is 25.0 Å². The van der Waals surface area contributed by atoms with Crippen LogP contribution in [0.2, 0.25) is 0 Å². The number of hydrogen-bond donors (Lipinski definition) is 2. The Bertz CT molecular complexity index is 894. The van der Waals surface area contributed by atoms with Gasteiger partial charge in [0.2, 0.25) is 0 Å². The number of alkyl carbamates (subject to hydrolysis) is 2. The lowest BCUT2D eigenvalue weighted by Crippen LogP contribution is -2.45. The maximum absolute atomic E-state index is 11.6.